The molecule has 0 unspecified atom stereocenters. The lowest BCUT2D eigenvalue weighted by atomic mass is 10.0. The summed E-state index contributed by atoms with van der Waals surface area (Å²) in [6, 6.07) is 17.5. The Kier molecular flexibility index (Phi) is 8.20. The fraction of sp³-hybridized carbons (Fsp3) is 0.381. The lowest BCUT2D eigenvalue weighted by Gasteiger charge is -2.25. The monoisotopic (exact) mass is 461 g/mol. The number of carbonyl (C=O) groups is 1. The van der Waals surface area contributed by atoms with Crippen LogP contribution in [-0.4, -0.2) is 51.6 Å². The molecule has 11 heteroatoms. The molecule has 4 atom stereocenters. The van der Waals surface area contributed by atoms with Gasteiger partial charge in [0.05, 0.1) is 26.1 Å². The first-order chi connectivity index (χ1) is 15.4. The molecule has 1 fully saturated rings. The zero-order valence-electron chi connectivity index (χ0n) is 17.3. The summed E-state index contributed by atoms with van der Waals surface area (Å²) in [4.78, 5) is 15.2. The molecule has 1 saturated heterocycles. The fourth-order valence-corrected chi connectivity index (χ4v) is 3.80. The Morgan fingerprint density at radius 1 is 1.06 bits per heavy atom. The minimum absolute atomic E-state index is 0.0656. The third-order valence-electron chi connectivity index (χ3n) is 4.65. The van der Waals surface area contributed by atoms with E-state index in [1.54, 1.807) is 0 Å². The number of ether oxygens (including phenoxy) is 3. The van der Waals surface area contributed by atoms with Crippen molar-refractivity contribution >= 4 is 16.1 Å². The number of azide groups is 1. The zero-order chi connectivity index (χ0) is 23.0. The van der Waals surface area contributed by atoms with E-state index in [2.05, 4.69) is 10.0 Å². The highest BCUT2D eigenvalue weighted by atomic mass is 32.2. The molecular weight excluding hydrogens is 438 g/mol. The normalized spacial score (nSPS) is 21.5. The van der Waals surface area contributed by atoms with E-state index >= 15 is 0 Å². The van der Waals surface area contributed by atoms with Crippen molar-refractivity contribution in [2.24, 2.45) is 5.11 Å². The van der Waals surface area contributed by atoms with Crippen molar-refractivity contribution in [2.75, 3.05) is 12.9 Å². The van der Waals surface area contributed by atoms with Crippen molar-refractivity contribution in [3.8, 4) is 0 Å². The topological polar surface area (TPSA) is 137 Å². The number of carbonyl (C=O) groups excluding carboxylic acids is 1. The van der Waals surface area contributed by atoms with Crippen LogP contribution in [0.4, 0.5) is 0 Å². The van der Waals surface area contributed by atoms with Gasteiger partial charge in [-0.1, -0.05) is 65.8 Å². The average molecular weight is 461 g/mol. The number of hydrogen-bond donors (Lipinski definition) is 0. The summed E-state index contributed by atoms with van der Waals surface area (Å²) >= 11 is 0. The molecule has 1 aliphatic heterocycles. The number of esters is 1. The predicted molar refractivity (Wildman–Crippen MR) is 114 cm³/mol. The van der Waals surface area contributed by atoms with Crippen LogP contribution >= 0.6 is 0 Å². The first kappa shape index (κ1) is 23.7. The molecule has 170 valence electrons. The van der Waals surface area contributed by atoms with Gasteiger partial charge in [0.1, 0.15) is 18.2 Å². The molecule has 2 aromatic carbocycles. The molecule has 0 spiro atoms. The van der Waals surface area contributed by atoms with E-state index in [1.807, 2.05) is 60.7 Å². The average Bonchev–Trinajstić information content (AvgIpc) is 3.07. The van der Waals surface area contributed by atoms with Crippen molar-refractivity contribution in [3.63, 3.8) is 0 Å². The third kappa shape index (κ3) is 6.78. The van der Waals surface area contributed by atoms with Crippen molar-refractivity contribution in [2.45, 2.75) is 37.6 Å². The SMILES string of the molecule is CS(=O)(=O)O[C@@H]1C(=O)O[C@H]([C@H](COCc2ccccc2)N=[N+]=[N-])[C@@H]1OCc1ccccc1. The Hall–Kier alpha value is -2.95. The summed E-state index contributed by atoms with van der Waals surface area (Å²) in [5.41, 5.74) is 10.7. The number of benzene rings is 2. The second-order valence-corrected chi connectivity index (χ2v) is 8.76. The van der Waals surface area contributed by atoms with Crippen molar-refractivity contribution in [1.82, 2.24) is 0 Å². The maximum atomic E-state index is 12.4. The molecule has 1 aliphatic rings. The Balaban J connectivity index is 1.76. The second kappa shape index (κ2) is 11.1. The van der Waals surface area contributed by atoms with Crippen LogP contribution in [-0.2, 0) is 46.5 Å². The number of rotatable bonds is 11. The van der Waals surface area contributed by atoms with Gasteiger partial charge in [-0.15, -0.1) is 0 Å². The molecule has 0 bridgehead atoms. The Labute approximate surface area is 185 Å². The Bertz CT molecular complexity index is 1040. The van der Waals surface area contributed by atoms with E-state index in [0.717, 1.165) is 17.4 Å². The molecule has 0 saturated carbocycles. The van der Waals surface area contributed by atoms with Crippen LogP contribution in [0.25, 0.3) is 10.4 Å². The number of nitrogens with zero attached hydrogens (tertiary/aromatic N) is 3. The van der Waals surface area contributed by atoms with Crippen LogP contribution in [0.2, 0.25) is 0 Å². The van der Waals surface area contributed by atoms with Crippen LogP contribution < -0.4 is 0 Å². The van der Waals surface area contributed by atoms with Gasteiger partial charge in [-0.25, -0.2) is 4.79 Å². The van der Waals surface area contributed by atoms with Crippen molar-refractivity contribution < 1.29 is 31.6 Å². The van der Waals surface area contributed by atoms with E-state index < -0.39 is 40.4 Å². The molecular formula is C21H23N3O7S. The second-order valence-electron chi connectivity index (χ2n) is 7.16. The van der Waals surface area contributed by atoms with Crippen LogP contribution in [0.3, 0.4) is 0 Å². The van der Waals surface area contributed by atoms with Gasteiger partial charge in [-0.2, -0.15) is 8.42 Å². The predicted octanol–water partition coefficient (Wildman–Crippen LogP) is 2.74. The summed E-state index contributed by atoms with van der Waals surface area (Å²) in [5.74, 6) is -0.917. The highest BCUT2D eigenvalue weighted by molar-refractivity contribution is 7.86. The van der Waals surface area contributed by atoms with Crippen LogP contribution in [0.15, 0.2) is 65.8 Å². The highest BCUT2D eigenvalue weighted by Gasteiger charge is 2.51. The van der Waals surface area contributed by atoms with E-state index in [-0.39, 0.29) is 19.8 Å². The van der Waals surface area contributed by atoms with Crippen molar-refractivity contribution in [3.05, 3.63) is 82.2 Å². The lowest BCUT2D eigenvalue weighted by Crippen LogP contribution is -2.43. The van der Waals surface area contributed by atoms with Gasteiger partial charge in [0.15, 0.2) is 0 Å². The molecule has 10 nitrogen and oxygen atoms in total. The summed E-state index contributed by atoms with van der Waals surface area (Å²) in [5, 5.41) is 3.70. The van der Waals surface area contributed by atoms with Gasteiger partial charge >= 0.3 is 5.97 Å². The molecule has 0 amide bonds. The smallest absolute Gasteiger partial charge is 0.340 e. The Morgan fingerprint density at radius 3 is 2.22 bits per heavy atom. The molecule has 2 aromatic rings. The lowest BCUT2D eigenvalue weighted by molar-refractivity contribution is -0.147. The molecule has 1 heterocycles. The van der Waals surface area contributed by atoms with Crippen LogP contribution in [0, 0.1) is 0 Å². The van der Waals surface area contributed by atoms with Crippen molar-refractivity contribution in [1.29, 1.82) is 0 Å². The molecule has 32 heavy (non-hydrogen) atoms. The number of cyclic esters (lactones) is 1. The summed E-state index contributed by atoms with van der Waals surface area (Å²) < 4.78 is 45.2. The fourth-order valence-electron chi connectivity index (χ4n) is 3.24. The van der Waals surface area contributed by atoms with E-state index in [9.17, 15) is 13.2 Å². The molecule has 0 N–H and O–H groups in total. The maximum absolute atomic E-state index is 12.4. The largest absolute Gasteiger partial charge is 0.457 e. The van der Waals surface area contributed by atoms with E-state index in [1.165, 1.54) is 0 Å². The van der Waals surface area contributed by atoms with Gasteiger partial charge in [0, 0.05) is 4.91 Å². The van der Waals surface area contributed by atoms with E-state index in [0.29, 0.717) is 0 Å². The van der Waals surface area contributed by atoms with E-state index in [4.69, 9.17) is 23.9 Å². The standard InChI is InChI=1S/C21H23N3O7S/c1-32(26,27)31-20-19(29-13-16-10-6-3-7-11-16)18(30-21(20)25)17(23-24-22)14-28-12-15-8-4-2-5-9-15/h2-11,17-20H,12-14H2,1H3/t17-,18+,19-,20-/m0/s1. The van der Waals surface area contributed by atoms with Gasteiger partial charge < -0.3 is 14.2 Å². The molecule has 0 aromatic heterocycles. The van der Waals surface area contributed by atoms with Gasteiger partial charge in [-0.05, 0) is 16.7 Å². The minimum atomic E-state index is -3.99. The molecule has 0 radical (unpaired) electrons. The molecule has 3 rings (SSSR count). The van der Waals surface area contributed by atoms with Crippen LogP contribution in [0.1, 0.15) is 11.1 Å². The highest BCUT2D eigenvalue weighted by Crippen LogP contribution is 2.28. The minimum Gasteiger partial charge on any atom is -0.457 e. The summed E-state index contributed by atoms with van der Waals surface area (Å²) in [6.07, 6.45) is -2.92. The third-order valence-corrected chi connectivity index (χ3v) is 5.21. The van der Waals surface area contributed by atoms with Gasteiger partial charge in [-0.3, -0.25) is 4.18 Å². The van der Waals surface area contributed by atoms with Gasteiger partial charge in [0.25, 0.3) is 10.1 Å². The maximum Gasteiger partial charge on any atom is 0.340 e. The first-order valence-corrected chi connectivity index (χ1v) is 11.6. The summed E-state index contributed by atoms with van der Waals surface area (Å²) in [6.45, 7) is 0.238. The summed E-state index contributed by atoms with van der Waals surface area (Å²) in [7, 11) is -3.99. The van der Waals surface area contributed by atoms with Crippen LogP contribution in [0.5, 0.6) is 0 Å². The first-order valence-electron chi connectivity index (χ1n) is 9.77. The molecule has 0 aliphatic carbocycles. The Morgan fingerprint density at radius 2 is 1.66 bits per heavy atom. The quantitative estimate of drug-likeness (QED) is 0.165. The zero-order valence-corrected chi connectivity index (χ0v) is 18.1. The van der Waals surface area contributed by atoms with Gasteiger partial charge in [0.2, 0.25) is 6.10 Å². The number of hydrogen-bond acceptors (Lipinski definition) is 8.